The minimum absolute atomic E-state index is 0.251. The van der Waals surface area contributed by atoms with Gasteiger partial charge in [-0.15, -0.1) is 0 Å². The van der Waals surface area contributed by atoms with E-state index in [4.69, 9.17) is 11.5 Å². The molecule has 0 aromatic rings. The lowest BCUT2D eigenvalue weighted by Crippen LogP contribution is -2.33. The number of primary amides is 2. The number of nitrogens with two attached hydrogens (primary N) is 2. The Morgan fingerprint density at radius 3 is 1.85 bits per heavy atom. The molecule has 7 nitrogen and oxygen atoms in total. The standard InChI is InChI=1S/C7H17N3O.C6H14N2O/c1-9-4-3-5-10(2)6-7(8)11;1-3-8(4-2)5-6(7)9/h9H,3-6H2,1-2H3,(H2,8,11);3-5H2,1-2H3,(H2,7,9). The van der Waals surface area contributed by atoms with Crippen molar-refractivity contribution in [3.05, 3.63) is 0 Å². The van der Waals surface area contributed by atoms with E-state index in [0.717, 1.165) is 32.6 Å². The van der Waals surface area contributed by atoms with Crippen LogP contribution in [-0.4, -0.2) is 75.0 Å². The van der Waals surface area contributed by atoms with Crippen molar-refractivity contribution < 1.29 is 9.59 Å². The first kappa shape index (κ1) is 21.1. The van der Waals surface area contributed by atoms with Crippen LogP contribution >= 0.6 is 0 Å². The zero-order valence-electron chi connectivity index (χ0n) is 13.3. The summed E-state index contributed by atoms with van der Waals surface area (Å²) in [6, 6.07) is 0. The second-order valence-electron chi connectivity index (χ2n) is 4.59. The lowest BCUT2D eigenvalue weighted by atomic mass is 10.4. The molecule has 0 atom stereocenters. The quantitative estimate of drug-likeness (QED) is 0.439. The Labute approximate surface area is 122 Å². The van der Waals surface area contributed by atoms with E-state index in [1.165, 1.54) is 0 Å². The van der Waals surface area contributed by atoms with E-state index in [9.17, 15) is 9.59 Å². The number of nitrogens with zero attached hydrogens (tertiary/aromatic N) is 2. The Bertz CT molecular complexity index is 257. The Kier molecular flexibility index (Phi) is 15.0. The van der Waals surface area contributed by atoms with E-state index in [2.05, 4.69) is 5.32 Å². The predicted molar refractivity (Wildman–Crippen MR) is 82.2 cm³/mol. The normalized spacial score (nSPS) is 10.3. The third-order valence-electron chi connectivity index (χ3n) is 2.67. The molecule has 0 aromatic carbocycles. The molecule has 20 heavy (non-hydrogen) atoms. The zero-order chi connectivity index (χ0) is 16.0. The molecule has 0 bridgehead atoms. The van der Waals surface area contributed by atoms with Gasteiger partial charge in [0.2, 0.25) is 11.8 Å². The molecule has 0 aliphatic heterocycles. The summed E-state index contributed by atoms with van der Waals surface area (Å²) >= 11 is 0. The fourth-order valence-electron chi connectivity index (χ4n) is 1.54. The highest BCUT2D eigenvalue weighted by molar-refractivity contribution is 5.76. The van der Waals surface area contributed by atoms with Crippen molar-refractivity contribution in [2.45, 2.75) is 20.3 Å². The van der Waals surface area contributed by atoms with Crippen LogP contribution in [0, 0.1) is 0 Å². The monoisotopic (exact) mass is 289 g/mol. The molecule has 0 saturated heterocycles. The Morgan fingerprint density at radius 1 is 1.05 bits per heavy atom. The Balaban J connectivity index is 0. The van der Waals surface area contributed by atoms with Crippen LogP contribution in [0.1, 0.15) is 20.3 Å². The van der Waals surface area contributed by atoms with Gasteiger partial charge >= 0.3 is 0 Å². The SMILES string of the molecule is CCN(CC)CC(N)=O.CNCCCN(C)CC(N)=O. The lowest BCUT2D eigenvalue weighted by molar-refractivity contribution is -0.119. The van der Waals surface area contributed by atoms with Crippen LogP contribution in [0.2, 0.25) is 0 Å². The minimum Gasteiger partial charge on any atom is -0.369 e. The molecule has 0 aliphatic carbocycles. The lowest BCUT2D eigenvalue weighted by Gasteiger charge is -2.14. The molecule has 0 unspecified atom stereocenters. The second-order valence-corrected chi connectivity index (χ2v) is 4.59. The Morgan fingerprint density at radius 2 is 1.55 bits per heavy atom. The molecule has 0 spiro atoms. The Hall–Kier alpha value is -1.18. The maximum Gasteiger partial charge on any atom is 0.231 e. The summed E-state index contributed by atoms with van der Waals surface area (Å²) in [6.45, 7) is 8.40. The third kappa shape index (κ3) is 16.8. The first-order chi connectivity index (χ1) is 9.37. The second kappa shape index (κ2) is 14.2. The molecule has 0 radical (unpaired) electrons. The van der Waals surface area contributed by atoms with Gasteiger partial charge in [0.25, 0.3) is 0 Å². The van der Waals surface area contributed by atoms with E-state index >= 15 is 0 Å². The number of rotatable bonds is 10. The van der Waals surface area contributed by atoms with Gasteiger partial charge in [0.15, 0.2) is 0 Å². The van der Waals surface area contributed by atoms with E-state index in [1.54, 1.807) is 0 Å². The minimum atomic E-state index is -0.267. The highest BCUT2D eigenvalue weighted by Gasteiger charge is 2.01. The summed E-state index contributed by atoms with van der Waals surface area (Å²) in [5.41, 5.74) is 9.97. The van der Waals surface area contributed by atoms with Crippen LogP contribution in [0.4, 0.5) is 0 Å². The van der Waals surface area contributed by atoms with E-state index < -0.39 is 0 Å². The molecule has 0 aromatic heterocycles. The summed E-state index contributed by atoms with van der Waals surface area (Å²) < 4.78 is 0. The number of nitrogens with one attached hydrogen (secondary N) is 1. The fourth-order valence-corrected chi connectivity index (χ4v) is 1.54. The summed E-state index contributed by atoms with van der Waals surface area (Å²) in [5, 5.41) is 3.03. The van der Waals surface area contributed by atoms with Crippen molar-refractivity contribution in [3.63, 3.8) is 0 Å². The third-order valence-corrected chi connectivity index (χ3v) is 2.67. The van der Waals surface area contributed by atoms with Gasteiger partial charge in [-0.25, -0.2) is 0 Å². The van der Waals surface area contributed by atoms with Crippen molar-refractivity contribution in [1.82, 2.24) is 15.1 Å². The number of likely N-dealkylation sites (N-methyl/N-ethyl adjacent to an activating group) is 2. The maximum atomic E-state index is 10.4. The van der Waals surface area contributed by atoms with Crippen molar-refractivity contribution in [1.29, 1.82) is 0 Å². The zero-order valence-corrected chi connectivity index (χ0v) is 13.3. The summed E-state index contributed by atoms with van der Waals surface area (Å²) in [6.07, 6.45) is 1.04. The van der Waals surface area contributed by atoms with Crippen LogP contribution < -0.4 is 16.8 Å². The number of hydrogen-bond acceptors (Lipinski definition) is 5. The van der Waals surface area contributed by atoms with Crippen LogP contribution in [0.3, 0.4) is 0 Å². The van der Waals surface area contributed by atoms with Gasteiger partial charge < -0.3 is 16.8 Å². The van der Waals surface area contributed by atoms with Gasteiger partial charge in [-0.3, -0.25) is 19.4 Å². The molecule has 0 aliphatic rings. The average Bonchev–Trinajstić information content (AvgIpc) is 2.36. The van der Waals surface area contributed by atoms with Gasteiger partial charge in [-0.05, 0) is 46.7 Å². The maximum absolute atomic E-state index is 10.4. The predicted octanol–water partition coefficient (Wildman–Crippen LogP) is -1.17. The van der Waals surface area contributed by atoms with Crippen LogP contribution in [-0.2, 0) is 9.59 Å². The molecule has 2 amide bonds. The van der Waals surface area contributed by atoms with Crippen molar-refractivity contribution in [3.8, 4) is 0 Å². The number of amides is 2. The van der Waals surface area contributed by atoms with Gasteiger partial charge in [0.05, 0.1) is 13.1 Å². The van der Waals surface area contributed by atoms with Gasteiger partial charge in [-0.2, -0.15) is 0 Å². The van der Waals surface area contributed by atoms with Crippen molar-refractivity contribution in [2.75, 3.05) is 53.4 Å². The highest BCUT2D eigenvalue weighted by atomic mass is 16.1. The number of carbonyl (C=O) groups is 2. The molecular formula is C13H31N5O2. The van der Waals surface area contributed by atoms with Crippen molar-refractivity contribution >= 4 is 11.8 Å². The van der Waals surface area contributed by atoms with Crippen LogP contribution in [0.5, 0.6) is 0 Å². The van der Waals surface area contributed by atoms with E-state index in [0.29, 0.717) is 13.1 Å². The fraction of sp³-hybridized carbons (Fsp3) is 0.846. The molecule has 7 heteroatoms. The van der Waals surface area contributed by atoms with E-state index in [-0.39, 0.29) is 11.8 Å². The topological polar surface area (TPSA) is 105 Å². The van der Waals surface area contributed by atoms with Gasteiger partial charge in [0, 0.05) is 0 Å². The van der Waals surface area contributed by atoms with Crippen molar-refractivity contribution in [2.24, 2.45) is 11.5 Å². The van der Waals surface area contributed by atoms with Crippen LogP contribution in [0.15, 0.2) is 0 Å². The largest absolute Gasteiger partial charge is 0.369 e. The van der Waals surface area contributed by atoms with Crippen LogP contribution in [0.25, 0.3) is 0 Å². The molecule has 0 rings (SSSR count). The summed E-state index contributed by atoms with van der Waals surface area (Å²) in [7, 11) is 3.80. The highest BCUT2D eigenvalue weighted by Crippen LogP contribution is 1.84. The molecular weight excluding hydrogens is 258 g/mol. The smallest absolute Gasteiger partial charge is 0.231 e. The first-order valence-electron chi connectivity index (χ1n) is 6.99. The molecule has 0 fully saturated rings. The number of carbonyl (C=O) groups excluding carboxylic acids is 2. The first-order valence-corrected chi connectivity index (χ1v) is 6.99. The molecule has 0 heterocycles. The van der Waals surface area contributed by atoms with Gasteiger partial charge in [0.1, 0.15) is 0 Å². The summed E-state index contributed by atoms with van der Waals surface area (Å²) in [5.74, 6) is -0.518. The molecule has 120 valence electrons. The van der Waals surface area contributed by atoms with E-state index in [1.807, 2.05) is 37.7 Å². The van der Waals surface area contributed by atoms with Gasteiger partial charge in [-0.1, -0.05) is 13.8 Å². The molecule has 5 N–H and O–H groups in total. The number of hydrogen-bond donors (Lipinski definition) is 3. The summed E-state index contributed by atoms with van der Waals surface area (Å²) in [4.78, 5) is 24.6. The molecule has 0 saturated carbocycles. The average molecular weight is 289 g/mol.